The molecular weight excluding hydrogens is 286 g/mol. The first-order valence-electron chi connectivity index (χ1n) is 8.73. The zero-order valence-corrected chi connectivity index (χ0v) is 14.9. The summed E-state index contributed by atoms with van der Waals surface area (Å²) in [6.45, 7) is 3.52. The first-order chi connectivity index (χ1) is 11.1. The molecule has 1 heterocycles. The summed E-state index contributed by atoms with van der Waals surface area (Å²) in [5.41, 5.74) is 1.21. The Morgan fingerprint density at radius 1 is 1.17 bits per heavy atom. The normalized spacial score (nSPS) is 19.0. The number of benzene rings is 1. The van der Waals surface area contributed by atoms with E-state index < -0.39 is 0 Å². The van der Waals surface area contributed by atoms with Crippen LogP contribution in [0.15, 0.2) is 30.3 Å². The first kappa shape index (κ1) is 18.0. The van der Waals surface area contributed by atoms with Crippen LogP contribution >= 0.6 is 0 Å². The highest BCUT2D eigenvalue weighted by Gasteiger charge is 2.24. The second-order valence-corrected chi connectivity index (χ2v) is 6.94. The minimum Gasteiger partial charge on any atom is -0.337 e. The molecule has 128 valence electrons. The maximum Gasteiger partial charge on any atom is 0.224 e. The van der Waals surface area contributed by atoms with Crippen molar-refractivity contribution in [2.45, 2.75) is 38.3 Å². The highest BCUT2D eigenvalue weighted by molar-refractivity contribution is 5.76. The van der Waals surface area contributed by atoms with E-state index >= 15 is 0 Å². The Morgan fingerprint density at radius 3 is 2.57 bits per heavy atom. The van der Waals surface area contributed by atoms with Crippen LogP contribution < -0.4 is 0 Å². The molecule has 2 rings (SSSR count). The molecule has 0 N–H and O–H groups in total. The van der Waals surface area contributed by atoms with E-state index in [9.17, 15) is 4.79 Å². The average molecular weight is 317 g/mol. The number of likely N-dealkylation sites (tertiary alicyclic amines) is 1. The molecule has 0 radical (unpaired) electrons. The van der Waals surface area contributed by atoms with E-state index in [1.165, 1.54) is 18.4 Å². The molecule has 1 aliphatic heterocycles. The topological polar surface area (TPSA) is 26.8 Å². The average Bonchev–Trinajstić information content (AvgIpc) is 2.54. The summed E-state index contributed by atoms with van der Waals surface area (Å²) in [4.78, 5) is 19.4. The maximum atomic E-state index is 12.9. The van der Waals surface area contributed by atoms with Crippen molar-refractivity contribution >= 4 is 5.91 Å². The molecule has 1 saturated heterocycles. The molecule has 0 spiro atoms. The zero-order chi connectivity index (χ0) is 16.7. The van der Waals surface area contributed by atoms with Gasteiger partial charge in [0.15, 0.2) is 0 Å². The Kier molecular flexibility index (Phi) is 7.06. The monoisotopic (exact) mass is 317 g/mol. The van der Waals surface area contributed by atoms with Crippen molar-refractivity contribution in [1.82, 2.24) is 14.7 Å². The minimum absolute atomic E-state index is 0.287. The van der Waals surface area contributed by atoms with E-state index in [0.29, 0.717) is 19.0 Å². The molecule has 4 heteroatoms. The summed E-state index contributed by atoms with van der Waals surface area (Å²) in [6.07, 6.45) is 4.31. The van der Waals surface area contributed by atoms with Gasteiger partial charge in [0.1, 0.15) is 0 Å². The van der Waals surface area contributed by atoms with Crippen LogP contribution in [-0.2, 0) is 11.3 Å². The highest BCUT2D eigenvalue weighted by Crippen LogP contribution is 2.19. The standard InChI is InChI=1S/C19H31N3O/c1-20(2)13-14-22(16-17-9-5-4-6-10-17)19(23)15-18-11-7-8-12-21(18)3/h4-6,9-10,18H,7-8,11-16H2,1-3H3. The van der Waals surface area contributed by atoms with E-state index in [2.05, 4.69) is 43.1 Å². The van der Waals surface area contributed by atoms with E-state index in [-0.39, 0.29) is 5.91 Å². The van der Waals surface area contributed by atoms with Gasteiger partial charge in [0, 0.05) is 32.1 Å². The number of rotatable bonds is 7. The summed E-state index contributed by atoms with van der Waals surface area (Å²) in [7, 11) is 6.26. The number of likely N-dealkylation sites (N-methyl/N-ethyl adjacent to an activating group) is 1. The Labute approximate surface area is 141 Å². The van der Waals surface area contributed by atoms with E-state index in [4.69, 9.17) is 0 Å². The lowest BCUT2D eigenvalue weighted by Gasteiger charge is -2.34. The summed E-state index contributed by atoms with van der Waals surface area (Å²) in [6, 6.07) is 10.7. The van der Waals surface area contributed by atoms with Gasteiger partial charge in [-0.25, -0.2) is 0 Å². The summed E-state index contributed by atoms with van der Waals surface area (Å²) in [5, 5.41) is 0. The fraction of sp³-hybridized carbons (Fsp3) is 0.632. The second-order valence-electron chi connectivity index (χ2n) is 6.94. The van der Waals surface area contributed by atoms with Crippen LogP contribution in [0.3, 0.4) is 0 Å². The van der Waals surface area contributed by atoms with Gasteiger partial charge in [-0.05, 0) is 46.1 Å². The van der Waals surface area contributed by atoms with Crippen LogP contribution in [0.5, 0.6) is 0 Å². The largest absolute Gasteiger partial charge is 0.337 e. The number of nitrogens with zero attached hydrogens (tertiary/aromatic N) is 3. The zero-order valence-electron chi connectivity index (χ0n) is 14.9. The van der Waals surface area contributed by atoms with Gasteiger partial charge in [0.05, 0.1) is 0 Å². The molecule has 1 aromatic carbocycles. The van der Waals surface area contributed by atoms with Crippen molar-refractivity contribution < 1.29 is 4.79 Å². The molecule has 1 atom stereocenters. The van der Waals surface area contributed by atoms with Crippen LogP contribution in [0.25, 0.3) is 0 Å². The number of carbonyl (C=O) groups excluding carboxylic acids is 1. The molecule has 0 aromatic heterocycles. The molecular formula is C19H31N3O. The fourth-order valence-electron chi connectivity index (χ4n) is 3.15. The van der Waals surface area contributed by atoms with Gasteiger partial charge in [0.25, 0.3) is 0 Å². The van der Waals surface area contributed by atoms with Crippen LogP contribution in [0.2, 0.25) is 0 Å². The SMILES string of the molecule is CN(C)CCN(Cc1ccccc1)C(=O)CC1CCCCN1C. The number of amides is 1. The summed E-state index contributed by atoms with van der Waals surface area (Å²) >= 11 is 0. The molecule has 1 amide bonds. The number of hydrogen-bond acceptors (Lipinski definition) is 3. The highest BCUT2D eigenvalue weighted by atomic mass is 16.2. The van der Waals surface area contributed by atoms with Crippen molar-refractivity contribution in [3.05, 3.63) is 35.9 Å². The Morgan fingerprint density at radius 2 is 1.91 bits per heavy atom. The molecule has 1 fully saturated rings. The minimum atomic E-state index is 0.287. The Balaban J connectivity index is 1.98. The number of hydrogen-bond donors (Lipinski definition) is 0. The van der Waals surface area contributed by atoms with Crippen LogP contribution in [0.4, 0.5) is 0 Å². The Bertz CT molecular complexity index is 475. The number of carbonyl (C=O) groups is 1. The Hall–Kier alpha value is -1.39. The smallest absolute Gasteiger partial charge is 0.224 e. The third-order valence-electron chi connectivity index (χ3n) is 4.72. The fourth-order valence-corrected chi connectivity index (χ4v) is 3.15. The molecule has 0 aliphatic carbocycles. The van der Waals surface area contributed by atoms with Gasteiger partial charge in [-0.3, -0.25) is 4.79 Å². The third-order valence-corrected chi connectivity index (χ3v) is 4.72. The summed E-state index contributed by atoms with van der Waals surface area (Å²) in [5.74, 6) is 0.287. The van der Waals surface area contributed by atoms with Gasteiger partial charge < -0.3 is 14.7 Å². The third kappa shape index (κ3) is 5.96. The van der Waals surface area contributed by atoms with Crippen molar-refractivity contribution in [2.75, 3.05) is 40.8 Å². The van der Waals surface area contributed by atoms with Gasteiger partial charge in [-0.2, -0.15) is 0 Å². The van der Waals surface area contributed by atoms with E-state index in [1.54, 1.807) is 0 Å². The molecule has 0 saturated carbocycles. The van der Waals surface area contributed by atoms with Gasteiger partial charge in [-0.1, -0.05) is 36.8 Å². The van der Waals surface area contributed by atoms with E-state index in [0.717, 1.165) is 26.1 Å². The lowest BCUT2D eigenvalue weighted by atomic mass is 9.99. The predicted octanol–water partition coefficient (Wildman–Crippen LogP) is 2.45. The molecule has 1 unspecified atom stereocenters. The molecule has 1 aromatic rings. The lowest BCUT2D eigenvalue weighted by Crippen LogP contribution is -2.43. The quantitative estimate of drug-likeness (QED) is 0.773. The second kappa shape index (κ2) is 9.04. The maximum absolute atomic E-state index is 12.9. The first-order valence-corrected chi connectivity index (χ1v) is 8.73. The molecule has 23 heavy (non-hydrogen) atoms. The van der Waals surface area contributed by atoms with Gasteiger partial charge in [0.2, 0.25) is 5.91 Å². The van der Waals surface area contributed by atoms with E-state index in [1.807, 2.05) is 23.1 Å². The lowest BCUT2D eigenvalue weighted by molar-refractivity contribution is -0.133. The predicted molar refractivity (Wildman–Crippen MR) is 95.3 cm³/mol. The molecule has 1 aliphatic rings. The summed E-state index contributed by atoms with van der Waals surface area (Å²) < 4.78 is 0. The van der Waals surface area contributed by atoms with Crippen molar-refractivity contribution in [3.8, 4) is 0 Å². The van der Waals surface area contributed by atoms with Gasteiger partial charge >= 0.3 is 0 Å². The van der Waals surface area contributed by atoms with Crippen molar-refractivity contribution in [2.24, 2.45) is 0 Å². The molecule has 0 bridgehead atoms. The van der Waals surface area contributed by atoms with Crippen LogP contribution in [-0.4, -0.2) is 67.4 Å². The molecule has 4 nitrogen and oxygen atoms in total. The van der Waals surface area contributed by atoms with Crippen molar-refractivity contribution in [1.29, 1.82) is 0 Å². The van der Waals surface area contributed by atoms with Crippen molar-refractivity contribution in [3.63, 3.8) is 0 Å². The van der Waals surface area contributed by atoms with Gasteiger partial charge in [-0.15, -0.1) is 0 Å². The number of piperidine rings is 1. The van der Waals surface area contributed by atoms with Crippen LogP contribution in [0, 0.1) is 0 Å². The van der Waals surface area contributed by atoms with Crippen LogP contribution in [0.1, 0.15) is 31.2 Å².